The maximum atomic E-state index is 3.85. The van der Waals surface area contributed by atoms with Crippen molar-refractivity contribution in [1.29, 1.82) is 0 Å². The van der Waals surface area contributed by atoms with Crippen LogP contribution in [-0.4, -0.2) is 0 Å². The van der Waals surface area contributed by atoms with Gasteiger partial charge in [0, 0.05) is 5.41 Å². The van der Waals surface area contributed by atoms with Gasteiger partial charge in [-0.1, -0.05) is 172 Å². The molecule has 0 amide bonds. The van der Waals surface area contributed by atoms with Gasteiger partial charge in [-0.2, -0.15) is 0 Å². The van der Waals surface area contributed by atoms with E-state index in [0.29, 0.717) is 0 Å². The molecule has 1 aliphatic carbocycles. The van der Waals surface area contributed by atoms with Gasteiger partial charge in [-0.25, -0.2) is 0 Å². The van der Waals surface area contributed by atoms with Gasteiger partial charge < -0.3 is 0 Å². The summed E-state index contributed by atoms with van der Waals surface area (Å²) in [5.74, 6) is 0. The minimum Gasteiger partial charge on any atom is -0.103 e. The van der Waals surface area contributed by atoms with Crippen LogP contribution in [0, 0.1) is 19.3 Å². The van der Waals surface area contributed by atoms with Gasteiger partial charge >= 0.3 is 0 Å². The van der Waals surface area contributed by atoms with E-state index >= 15 is 0 Å². The van der Waals surface area contributed by atoms with Crippen molar-refractivity contribution in [3.05, 3.63) is 190 Å². The molecule has 0 aromatic heterocycles. The molecule has 0 atom stereocenters. The van der Waals surface area contributed by atoms with Crippen LogP contribution in [0.5, 0.6) is 0 Å². The zero-order chi connectivity index (χ0) is 36.5. The van der Waals surface area contributed by atoms with Crippen molar-refractivity contribution < 1.29 is 0 Å². The quantitative estimate of drug-likeness (QED) is 0.108. The molecule has 258 valence electrons. The smallest absolute Gasteiger partial charge is 0.0155 e. The van der Waals surface area contributed by atoms with Gasteiger partial charge in [0.05, 0.1) is 0 Å². The highest BCUT2D eigenvalue weighted by molar-refractivity contribution is 6.12. The van der Waals surface area contributed by atoms with E-state index < -0.39 is 0 Å². The minimum atomic E-state index is -0.0543. The molecule has 6 rings (SSSR count). The molecule has 5 aromatic carbocycles. The lowest BCUT2D eigenvalue weighted by Gasteiger charge is -2.24. The molecule has 1 aliphatic rings. The van der Waals surface area contributed by atoms with Crippen molar-refractivity contribution in [2.24, 2.45) is 5.41 Å². The molecule has 0 nitrogen and oxygen atoms in total. The third-order valence-electron chi connectivity index (χ3n) is 10.2. The van der Waals surface area contributed by atoms with Gasteiger partial charge in [0.15, 0.2) is 0 Å². The zero-order valence-corrected chi connectivity index (χ0v) is 32.0. The molecule has 0 heteroatoms. The Hall–Kier alpha value is -5.20. The van der Waals surface area contributed by atoms with Crippen molar-refractivity contribution in [3.8, 4) is 11.1 Å². The SMILES string of the molecule is C/C=C\c1c(CC)c2ccccc2c2ccccc12.C=CCC=CC1=C(C)C(/C=C/C)=C(/C=C\c2ccccc2-c2cc(C)ccc2C)C1(C)C. The second-order valence-electron chi connectivity index (χ2n) is 14.0. The molecule has 0 heterocycles. The summed E-state index contributed by atoms with van der Waals surface area (Å²) in [6, 6.07) is 32.9. The Morgan fingerprint density at radius 3 is 1.92 bits per heavy atom. The standard InChI is InChI=1S/C32H36.C19H18/c1-8-10-11-17-30-25(5)27(14-9-2)31(32(30,6)7)21-20-26-15-12-13-16-28(26)29-22-23(3)18-19-24(29)4;1-3-9-15-14(4-2)16-10-5-6-12-18(16)19-13-8-7-11-17(15)19/h8-9,11-22H,1,10H2,2-7H3;3,5-13H,4H2,1-2H3/b14-9+,17-11?,21-20-;9-3-. The van der Waals surface area contributed by atoms with Crippen molar-refractivity contribution in [2.75, 3.05) is 0 Å². The molecular weight excluding hydrogens is 613 g/mol. The summed E-state index contributed by atoms with van der Waals surface area (Å²) in [6.07, 6.45) is 21.8. The van der Waals surface area contributed by atoms with Crippen molar-refractivity contribution in [3.63, 3.8) is 0 Å². The summed E-state index contributed by atoms with van der Waals surface area (Å²) in [5.41, 5.74) is 14.6. The lowest BCUT2D eigenvalue weighted by molar-refractivity contribution is 0.575. The summed E-state index contributed by atoms with van der Waals surface area (Å²) in [5, 5.41) is 5.46. The Balaban J connectivity index is 0.000000224. The van der Waals surface area contributed by atoms with E-state index in [9.17, 15) is 0 Å². The molecule has 0 radical (unpaired) electrons. The number of allylic oxidation sites excluding steroid dienone is 11. The van der Waals surface area contributed by atoms with Crippen LogP contribution in [0.1, 0.15) is 75.8 Å². The molecule has 0 saturated carbocycles. The van der Waals surface area contributed by atoms with E-state index in [4.69, 9.17) is 0 Å². The van der Waals surface area contributed by atoms with Crippen molar-refractivity contribution in [1.82, 2.24) is 0 Å². The average Bonchev–Trinajstić information content (AvgIpc) is 3.31. The number of fused-ring (bicyclic) bond motifs is 3. The number of rotatable bonds is 9. The molecule has 0 fully saturated rings. The second-order valence-corrected chi connectivity index (χ2v) is 14.0. The van der Waals surface area contributed by atoms with Crippen LogP contribution in [0.4, 0.5) is 0 Å². The van der Waals surface area contributed by atoms with E-state index in [-0.39, 0.29) is 5.41 Å². The van der Waals surface area contributed by atoms with Crippen LogP contribution in [0.15, 0.2) is 162 Å². The van der Waals surface area contributed by atoms with Gasteiger partial charge in [-0.05, 0) is 125 Å². The van der Waals surface area contributed by atoms with Gasteiger partial charge in [-0.3, -0.25) is 0 Å². The summed E-state index contributed by atoms with van der Waals surface area (Å²) in [7, 11) is 0. The fourth-order valence-corrected chi connectivity index (χ4v) is 7.66. The first-order valence-corrected chi connectivity index (χ1v) is 18.4. The van der Waals surface area contributed by atoms with Crippen LogP contribution in [0.3, 0.4) is 0 Å². The van der Waals surface area contributed by atoms with Gasteiger partial charge in [-0.15, -0.1) is 6.58 Å². The highest BCUT2D eigenvalue weighted by Crippen LogP contribution is 2.49. The largest absolute Gasteiger partial charge is 0.103 e. The maximum absolute atomic E-state index is 3.85. The molecule has 0 saturated heterocycles. The predicted octanol–water partition coefficient (Wildman–Crippen LogP) is 14.9. The number of hydrogen-bond acceptors (Lipinski definition) is 0. The first kappa shape index (κ1) is 37.1. The van der Waals surface area contributed by atoms with Gasteiger partial charge in [0.2, 0.25) is 0 Å². The third-order valence-corrected chi connectivity index (χ3v) is 10.2. The van der Waals surface area contributed by atoms with Crippen LogP contribution in [-0.2, 0) is 6.42 Å². The minimum absolute atomic E-state index is 0.0543. The van der Waals surface area contributed by atoms with Crippen molar-refractivity contribution >= 4 is 33.7 Å². The monoisotopic (exact) mass is 666 g/mol. The highest BCUT2D eigenvalue weighted by Gasteiger charge is 2.34. The fraction of sp³-hybridized carbons (Fsp3) is 0.216. The van der Waals surface area contributed by atoms with Crippen molar-refractivity contribution in [2.45, 2.75) is 68.2 Å². The fourth-order valence-electron chi connectivity index (χ4n) is 7.66. The van der Waals surface area contributed by atoms with E-state index in [1.54, 1.807) is 0 Å². The van der Waals surface area contributed by atoms with Crippen LogP contribution in [0.2, 0.25) is 0 Å². The van der Waals surface area contributed by atoms with E-state index in [1.165, 1.54) is 82.8 Å². The molecule has 0 unspecified atom stereocenters. The Labute approximate surface area is 307 Å². The molecule has 5 aromatic rings. The Kier molecular flexibility index (Phi) is 12.1. The molecular formula is C51H54. The number of aryl methyl sites for hydroxylation is 3. The molecule has 0 aliphatic heterocycles. The summed E-state index contributed by atoms with van der Waals surface area (Å²) in [4.78, 5) is 0. The molecule has 0 spiro atoms. The van der Waals surface area contributed by atoms with E-state index in [1.807, 2.05) is 6.08 Å². The zero-order valence-electron chi connectivity index (χ0n) is 32.0. The molecule has 51 heavy (non-hydrogen) atoms. The normalized spacial score (nSPS) is 14.6. The van der Waals surface area contributed by atoms with Gasteiger partial charge in [0.25, 0.3) is 0 Å². The number of hydrogen-bond donors (Lipinski definition) is 0. The lowest BCUT2D eigenvalue weighted by Crippen LogP contribution is -2.13. The lowest BCUT2D eigenvalue weighted by atomic mass is 9.79. The molecule has 0 bridgehead atoms. The molecule has 0 N–H and O–H groups in total. The Morgan fingerprint density at radius 1 is 0.627 bits per heavy atom. The van der Waals surface area contributed by atoms with Crippen LogP contribution >= 0.6 is 0 Å². The summed E-state index contributed by atoms with van der Waals surface area (Å²) >= 11 is 0. The van der Waals surface area contributed by atoms with E-state index in [0.717, 1.165) is 12.8 Å². The topological polar surface area (TPSA) is 0 Å². The summed E-state index contributed by atoms with van der Waals surface area (Å²) in [6.45, 7) is 21.5. The Morgan fingerprint density at radius 2 is 1.25 bits per heavy atom. The average molecular weight is 667 g/mol. The highest BCUT2D eigenvalue weighted by atomic mass is 14.4. The number of benzene rings is 5. The summed E-state index contributed by atoms with van der Waals surface area (Å²) < 4.78 is 0. The van der Waals surface area contributed by atoms with Crippen LogP contribution in [0.25, 0.3) is 44.8 Å². The second kappa shape index (κ2) is 16.7. The maximum Gasteiger partial charge on any atom is 0.0155 e. The third kappa shape index (κ3) is 7.77. The first-order valence-electron chi connectivity index (χ1n) is 18.4. The predicted molar refractivity (Wildman–Crippen MR) is 228 cm³/mol. The Bertz CT molecular complexity index is 2240. The van der Waals surface area contributed by atoms with Gasteiger partial charge in [0.1, 0.15) is 0 Å². The van der Waals surface area contributed by atoms with Crippen LogP contribution < -0.4 is 0 Å². The first-order chi connectivity index (χ1) is 24.7. The van der Waals surface area contributed by atoms with E-state index in [2.05, 4.69) is 202 Å².